The molecule has 5 nitrogen and oxygen atoms in total. The first-order valence-corrected chi connectivity index (χ1v) is 6.60. The fourth-order valence-corrected chi connectivity index (χ4v) is 2.14. The first kappa shape index (κ1) is 14.3. The van der Waals surface area contributed by atoms with Gasteiger partial charge < -0.3 is 15.1 Å². The number of carbonyl (C=O) groups is 2. The zero-order valence-electron chi connectivity index (χ0n) is 11.0. The van der Waals surface area contributed by atoms with Gasteiger partial charge in [-0.15, -0.1) is 0 Å². The van der Waals surface area contributed by atoms with Crippen molar-refractivity contribution in [3.8, 4) is 0 Å². The molecule has 0 atom stereocenters. The second-order valence-corrected chi connectivity index (χ2v) is 5.37. The zero-order valence-corrected chi connectivity index (χ0v) is 12.6. The van der Waals surface area contributed by atoms with Crippen LogP contribution in [0.25, 0.3) is 11.0 Å². The summed E-state index contributed by atoms with van der Waals surface area (Å²) in [5.41, 5.74) is 5.92. The van der Waals surface area contributed by atoms with Crippen molar-refractivity contribution < 1.29 is 14.0 Å². The lowest BCUT2D eigenvalue weighted by Crippen LogP contribution is -2.14. The number of nitrogens with two attached hydrogens (primary N) is 1. The monoisotopic (exact) mass is 336 g/mol. The highest BCUT2D eigenvalue weighted by atomic mass is 79.9. The predicted octanol–water partition coefficient (Wildman–Crippen LogP) is 2.55. The SMILES string of the molecule is CN(C)/C=C/C(=O)c1oc2ccc(Br)cc2c1C(N)=O. The number of nitrogens with zero attached hydrogens (tertiary/aromatic N) is 1. The van der Waals surface area contributed by atoms with Crippen LogP contribution in [0, 0.1) is 0 Å². The van der Waals surface area contributed by atoms with Gasteiger partial charge in [0.2, 0.25) is 5.78 Å². The Morgan fingerprint density at radius 3 is 2.65 bits per heavy atom. The number of fused-ring (bicyclic) bond motifs is 1. The van der Waals surface area contributed by atoms with Crippen molar-refractivity contribution >= 4 is 38.6 Å². The lowest BCUT2D eigenvalue weighted by Gasteiger charge is -2.02. The molecule has 0 saturated carbocycles. The van der Waals surface area contributed by atoms with Crippen molar-refractivity contribution in [1.29, 1.82) is 0 Å². The largest absolute Gasteiger partial charge is 0.452 e. The summed E-state index contributed by atoms with van der Waals surface area (Å²) in [5.74, 6) is -1.13. The molecular weight excluding hydrogens is 324 g/mol. The maximum absolute atomic E-state index is 12.1. The third kappa shape index (κ3) is 2.75. The molecule has 1 aromatic carbocycles. The number of hydrogen-bond acceptors (Lipinski definition) is 4. The van der Waals surface area contributed by atoms with Gasteiger partial charge in [0.15, 0.2) is 5.76 Å². The fourth-order valence-electron chi connectivity index (χ4n) is 1.78. The summed E-state index contributed by atoms with van der Waals surface area (Å²) in [6, 6.07) is 5.14. The molecule has 0 aliphatic rings. The predicted molar refractivity (Wildman–Crippen MR) is 79.6 cm³/mol. The van der Waals surface area contributed by atoms with E-state index in [1.54, 1.807) is 43.4 Å². The Labute approximate surface area is 124 Å². The summed E-state index contributed by atoms with van der Waals surface area (Å²) in [7, 11) is 3.57. The van der Waals surface area contributed by atoms with Gasteiger partial charge in [-0.05, 0) is 18.2 Å². The Kier molecular flexibility index (Phi) is 3.94. The number of rotatable bonds is 4. The molecule has 0 unspecified atom stereocenters. The molecule has 2 rings (SSSR count). The molecule has 0 aliphatic carbocycles. The molecule has 0 bridgehead atoms. The van der Waals surface area contributed by atoms with E-state index >= 15 is 0 Å². The number of allylic oxidation sites excluding steroid dienone is 1. The Hall–Kier alpha value is -2.08. The molecule has 2 N–H and O–H groups in total. The summed E-state index contributed by atoms with van der Waals surface area (Å²) in [6.45, 7) is 0. The number of benzene rings is 1. The van der Waals surface area contributed by atoms with E-state index in [1.807, 2.05) is 0 Å². The Morgan fingerprint density at radius 1 is 1.35 bits per heavy atom. The lowest BCUT2D eigenvalue weighted by molar-refractivity contribution is 0.0972. The minimum Gasteiger partial charge on any atom is -0.452 e. The van der Waals surface area contributed by atoms with Crippen molar-refractivity contribution in [1.82, 2.24) is 4.90 Å². The molecule has 20 heavy (non-hydrogen) atoms. The molecule has 0 fully saturated rings. The summed E-state index contributed by atoms with van der Waals surface area (Å²) in [6.07, 6.45) is 2.91. The number of carbonyl (C=O) groups excluding carboxylic acids is 2. The van der Waals surface area contributed by atoms with Crippen molar-refractivity contribution in [2.24, 2.45) is 5.73 Å². The molecule has 0 radical (unpaired) electrons. The van der Waals surface area contributed by atoms with Gasteiger partial charge in [0, 0.05) is 36.2 Å². The molecule has 1 amide bonds. The average Bonchev–Trinajstić information content (AvgIpc) is 2.74. The highest BCUT2D eigenvalue weighted by Crippen LogP contribution is 2.29. The van der Waals surface area contributed by atoms with Crippen LogP contribution < -0.4 is 5.73 Å². The van der Waals surface area contributed by atoms with E-state index < -0.39 is 11.7 Å². The second kappa shape index (κ2) is 5.50. The first-order valence-electron chi connectivity index (χ1n) is 5.81. The van der Waals surface area contributed by atoms with E-state index in [-0.39, 0.29) is 11.3 Å². The summed E-state index contributed by atoms with van der Waals surface area (Å²) < 4.78 is 6.24. The smallest absolute Gasteiger partial charge is 0.253 e. The number of primary amides is 1. The van der Waals surface area contributed by atoms with E-state index in [1.165, 1.54) is 6.08 Å². The van der Waals surface area contributed by atoms with Gasteiger partial charge in [-0.2, -0.15) is 0 Å². The summed E-state index contributed by atoms with van der Waals surface area (Å²) in [4.78, 5) is 25.4. The van der Waals surface area contributed by atoms with Gasteiger partial charge in [-0.25, -0.2) is 0 Å². The quantitative estimate of drug-likeness (QED) is 0.687. The van der Waals surface area contributed by atoms with Gasteiger partial charge in [-0.3, -0.25) is 9.59 Å². The van der Waals surface area contributed by atoms with Gasteiger partial charge in [-0.1, -0.05) is 15.9 Å². The molecule has 1 heterocycles. The Morgan fingerprint density at radius 2 is 2.05 bits per heavy atom. The van der Waals surface area contributed by atoms with Crippen LogP contribution in [0.2, 0.25) is 0 Å². The average molecular weight is 337 g/mol. The Balaban J connectivity index is 2.61. The zero-order chi connectivity index (χ0) is 14.9. The van der Waals surface area contributed by atoms with Crippen LogP contribution in [0.15, 0.2) is 39.4 Å². The lowest BCUT2D eigenvalue weighted by atomic mass is 10.1. The number of amides is 1. The highest BCUT2D eigenvalue weighted by molar-refractivity contribution is 9.10. The van der Waals surface area contributed by atoms with Crippen LogP contribution in [0.5, 0.6) is 0 Å². The number of hydrogen-bond donors (Lipinski definition) is 1. The minimum absolute atomic E-state index is 0.0382. The van der Waals surface area contributed by atoms with Crippen LogP contribution in [-0.4, -0.2) is 30.7 Å². The van der Waals surface area contributed by atoms with Crippen LogP contribution in [0.4, 0.5) is 0 Å². The molecule has 0 saturated heterocycles. The van der Waals surface area contributed by atoms with E-state index in [0.29, 0.717) is 11.0 Å². The second-order valence-electron chi connectivity index (χ2n) is 4.45. The number of halogens is 1. The van der Waals surface area contributed by atoms with Gasteiger partial charge in [0.05, 0.1) is 5.56 Å². The van der Waals surface area contributed by atoms with E-state index in [9.17, 15) is 9.59 Å². The molecule has 104 valence electrons. The number of ketones is 1. The first-order chi connectivity index (χ1) is 9.40. The third-order valence-corrected chi connectivity index (χ3v) is 3.14. The molecule has 1 aromatic heterocycles. The normalized spacial score (nSPS) is 11.2. The van der Waals surface area contributed by atoms with Crippen molar-refractivity contribution in [2.45, 2.75) is 0 Å². The van der Waals surface area contributed by atoms with E-state index in [2.05, 4.69) is 15.9 Å². The van der Waals surface area contributed by atoms with Gasteiger partial charge in [0.25, 0.3) is 5.91 Å². The molecule has 0 aliphatic heterocycles. The standard InChI is InChI=1S/C14H13BrN2O3/c1-17(2)6-5-10(18)13-12(14(16)19)9-7-8(15)3-4-11(9)20-13/h3-7H,1-2H3,(H2,16,19)/b6-5+. The van der Waals surface area contributed by atoms with Crippen LogP contribution in [0.1, 0.15) is 20.9 Å². The topological polar surface area (TPSA) is 76.5 Å². The number of furan rings is 1. The van der Waals surface area contributed by atoms with Crippen molar-refractivity contribution in [3.05, 3.63) is 46.3 Å². The van der Waals surface area contributed by atoms with Crippen molar-refractivity contribution in [3.63, 3.8) is 0 Å². The van der Waals surface area contributed by atoms with Gasteiger partial charge in [0.1, 0.15) is 5.58 Å². The molecular formula is C14H13BrN2O3. The van der Waals surface area contributed by atoms with E-state index in [0.717, 1.165) is 4.47 Å². The summed E-state index contributed by atoms with van der Waals surface area (Å²) in [5, 5.41) is 0.522. The highest BCUT2D eigenvalue weighted by Gasteiger charge is 2.22. The van der Waals surface area contributed by atoms with Gasteiger partial charge >= 0.3 is 0 Å². The summed E-state index contributed by atoms with van der Waals surface area (Å²) >= 11 is 3.31. The van der Waals surface area contributed by atoms with E-state index in [4.69, 9.17) is 10.2 Å². The Bertz CT molecular complexity index is 717. The molecule has 0 spiro atoms. The minimum atomic E-state index is -0.691. The van der Waals surface area contributed by atoms with Crippen LogP contribution >= 0.6 is 15.9 Å². The maximum Gasteiger partial charge on any atom is 0.253 e. The van der Waals surface area contributed by atoms with Crippen molar-refractivity contribution in [2.75, 3.05) is 14.1 Å². The van der Waals surface area contributed by atoms with Crippen LogP contribution in [-0.2, 0) is 0 Å². The third-order valence-electron chi connectivity index (χ3n) is 2.64. The maximum atomic E-state index is 12.1. The van der Waals surface area contributed by atoms with Crippen LogP contribution in [0.3, 0.4) is 0 Å². The fraction of sp³-hybridized carbons (Fsp3) is 0.143. The molecule has 2 aromatic rings. The molecule has 6 heteroatoms.